The third-order valence-corrected chi connectivity index (χ3v) is 7.57. The lowest BCUT2D eigenvalue weighted by atomic mass is 10.1. The fourth-order valence-electron chi connectivity index (χ4n) is 3.34. The van der Waals surface area contributed by atoms with Gasteiger partial charge < -0.3 is 19.7 Å². The molecule has 11 heteroatoms. The van der Waals surface area contributed by atoms with Crippen LogP contribution in [-0.2, 0) is 26.2 Å². The van der Waals surface area contributed by atoms with Crippen LogP contribution in [0.1, 0.15) is 19.4 Å². The number of carbonyl (C=O) groups is 2. The van der Waals surface area contributed by atoms with E-state index in [0.717, 1.165) is 14.3 Å². The molecule has 1 heterocycles. The number of hydrogen-bond donors (Lipinski definition) is 1. The molecule has 0 bridgehead atoms. The Morgan fingerprint density at radius 1 is 1.12 bits per heavy atom. The molecule has 2 aromatic carbocycles. The fraction of sp³-hybridized carbons (Fsp3) is 0.364. The molecule has 33 heavy (non-hydrogen) atoms. The van der Waals surface area contributed by atoms with Crippen LogP contribution in [0.3, 0.4) is 0 Å². The summed E-state index contributed by atoms with van der Waals surface area (Å²) in [6.45, 7) is 2.83. The highest BCUT2D eigenvalue weighted by atomic mass is 79.9. The molecule has 0 fully saturated rings. The average Bonchev–Trinajstić information content (AvgIpc) is 3.28. The number of ether oxygens (including phenoxy) is 2. The molecule has 0 saturated carbocycles. The SMILES string of the molecule is CCS(=O)(=O)N(CC(=O)N(Cc1ccc(Br)cc1)[C@@H](C)C(=O)NC)c1ccc2c(c1)OCO2. The predicted molar refractivity (Wildman–Crippen MR) is 128 cm³/mol. The van der Waals surface area contributed by atoms with Gasteiger partial charge in [-0.1, -0.05) is 28.1 Å². The summed E-state index contributed by atoms with van der Waals surface area (Å²) in [5.41, 5.74) is 1.08. The van der Waals surface area contributed by atoms with Gasteiger partial charge in [-0.3, -0.25) is 13.9 Å². The molecule has 0 radical (unpaired) electrons. The fourth-order valence-corrected chi connectivity index (χ4v) is 4.66. The van der Waals surface area contributed by atoms with Gasteiger partial charge in [-0.2, -0.15) is 0 Å². The molecule has 9 nitrogen and oxygen atoms in total. The van der Waals surface area contributed by atoms with Gasteiger partial charge in [0.05, 0.1) is 11.4 Å². The largest absolute Gasteiger partial charge is 0.454 e. The first-order valence-corrected chi connectivity index (χ1v) is 12.7. The molecule has 0 unspecified atom stereocenters. The summed E-state index contributed by atoms with van der Waals surface area (Å²) >= 11 is 3.38. The first kappa shape index (κ1) is 24.8. The summed E-state index contributed by atoms with van der Waals surface area (Å²) in [7, 11) is -2.32. The quantitative estimate of drug-likeness (QED) is 0.524. The lowest BCUT2D eigenvalue weighted by molar-refractivity contribution is -0.139. The molecule has 1 N–H and O–H groups in total. The maximum Gasteiger partial charge on any atom is 0.244 e. The summed E-state index contributed by atoms with van der Waals surface area (Å²) in [6, 6.07) is 11.2. The van der Waals surface area contributed by atoms with E-state index in [0.29, 0.717) is 11.5 Å². The van der Waals surface area contributed by atoms with Crippen molar-refractivity contribution in [3.63, 3.8) is 0 Å². The molecule has 0 aliphatic carbocycles. The van der Waals surface area contributed by atoms with Crippen molar-refractivity contribution in [3.8, 4) is 11.5 Å². The second kappa shape index (κ2) is 10.4. The smallest absolute Gasteiger partial charge is 0.244 e. The molecule has 0 saturated heterocycles. The van der Waals surface area contributed by atoms with E-state index in [2.05, 4.69) is 21.2 Å². The van der Waals surface area contributed by atoms with Crippen molar-refractivity contribution in [1.82, 2.24) is 10.2 Å². The van der Waals surface area contributed by atoms with Crippen molar-refractivity contribution in [3.05, 3.63) is 52.5 Å². The molecule has 1 aliphatic heterocycles. The summed E-state index contributed by atoms with van der Waals surface area (Å²) in [5, 5.41) is 2.55. The molecule has 2 amide bonds. The van der Waals surface area contributed by atoms with E-state index in [1.165, 1.54) is 24.9 Å². The molecule has 178 valence electrons. The van der Waals surface area contributed by atoms with Gasteiger partial charge >= 0.3 is 0 Å². The normalized spacial score (nSPS) is 13.3. The van der Waals surface area contributed by atoms with Gasteiger partial charge in [0.25, 0.3) is 0 Å². The number of hydrogen-bond acceptors (Lipinski definition) is 6. The van der Waals surface area contributed by atoms with Crippen molar-refractivity contribution in [2.24, 2.45) is 0 Å². The Morgan fingerprint density at radius 2 is 1.79 bits per heavy atom. The van der Waals surface area contributed by atoms with Crippen LogP contribution in [0, 0.1) is 0 Å². The summed E-state index contributed by atoms with van der Waals surface area (Å²) in [6.07, 6.45) is 0. The Labute approximate surface area is 201 Å². The minimum atomic E-state index is -3.81. The van der Waals surface area contributed by atoms with E-state index < -0.39 is 28.5 Å². The van der Waals surface area contributed by atoms with Crippen LogP contribution in [0.2, 0.25) is 0 Å². The van der Waals surface area contributed by atoms with E-state index >= 15 is 0 Å². The molecule has 3 rings (SSSR count). The van der Waals surface area contributed by atoms with Crippen LogP contribution in [0.15, 0.2) is 46.9 Å². The summed E-state index contributed by atoms with van der Waals surface area (Å²) < 4.78 is 38.4. The van der Waals surface area contributed by atoms with Gasteiger partial charge in [0.2, 0.25) is 28.6 Å². The standard InChI is InChI=1S/C22H26BrN3O6S/c1-4-33(29,30)26(18-9-10-19-20(11-18)32-14-31-19)13-21(27)25(15(2)22(28)24-3)12-16-5-7-17(23)8-6-16/h5-11,15H,4,12-14H2,1-3H3,(H,24,28)/t15-/m0/s1. The average molecular weight is 540 g/mol. The second-order valence-electron chi connectivity index (χ2n) is 7.38. The van der Waals surface area contributed by atoms with Gasteiger partial charge in [0, 0.05) is 24.1 Å². The van der Waals surface area contributed by atoms with Crippen LogP contribution < -0.4 is 19.1 Å². The zero-order valence-electron chi connectivity index (χ0n) is 18.6. The zero-order chi connectivity index (χ0) is 24.2. The first-order chi connectivity index (χ1) is 15.7. The van der Waals surface area contributed by atoms with Gasteiger partial charge in [-0.25, -0.2) is 8.42 Å². The Bertz CT molecular complexity index is 1120. The van der Waals surface area contributed by atoms with Crippen molar-refractivity contribution < 1.29 is 27.5 Å². The van der Waals surface area contributed by atoms with E-state index in [4.69, 9.17) is 9.47 Å². The molecular weight excluding hydrogens is 514 g/mol. The van der Waals surface area contributed by atoms with Crippen LogP contribution in [0.25, 0.3) is 0 Å². The van der Waals surface area contributed by atoms with E-state index in [9.17, 15) is 18.0 Å². The lowest BCUT2D eigenvalue weighted by Crippen LogP contribution is -2.50. The molecule has 1 aliphatic rings. The van der Waals surface area contributed by atoms with E-state index in [1.54, 1.807) is 19.1 Å². The number of benzene rings is 2. The van der Waals surface area contributed by atoms with Gasteiger partial charge in [-0.05, 0) is 43.7 Å². The number of amides is 2. The van der Waals surface area contributed by atoms with E-state index in [-0.39, 0.29) is 30.7 Å². The topological polar surface area (TPSA) is 105 Å². The third-order valence-electron chi connectivity index (χ3n) is 5.30. The number of fused-ring (bicyclic) bond motifs is 1. The monoisotopic (exact) mass is 539 g/mol. The minimum absolute atomic E-state index is 0.0445. The van der Waals surface area contributed by atoms with Crippen LogP contribution in [0.4, 0.5) is 5.69 Å². The third kappa shape index (κ3) is 5.77. The van der Waals surface area contributed by atoms with Crippen molar-refractivity contribution >= 4 is 43.5 Å². The minimum Gasteiger partial charge on any atom is -0.454 e. The summed E-state index contributed by atoms with van der Waals surface area (Å²) in [5.74, 6) is -0.158. The van der Waals surface area contributed by atoms with Gasteiger partial charge in [-0.15, -0.1) is 0 Å². The number of halogens is 1. The van der Waals surface area contributed by atoms with Crippen LogP contribution in [0.5, 0.6) is 11.5 Å². The molecule has 2 aromatic rings. The first-order valence-electron chi connectivity index (χ1n) is 10.3. The number of nitrogens with zero attached hydrogens (tertiary/aromatic N) is 2. The maximum atomic E-state index is 13.4. The number of anilines is 1. The Kier molecular flexibility index (Phi) is 7.85. The highest BCUT2D eigenvalue weighted by molar-refractivity contribution is 9.10. The molecule has 0 spiro atoms. The number of likely N-dealkylation sites (N-methyl/N-ethyl adjacent to an activating group) is 1. The Morgan fingerprint density at radius 3 is 2.42 bits per heavy atom. The highest BCUT2D eigenvalue weighted by Crippen LogP contribution is 2.36. The second-order valence-corrected chi connectivity index (χ2v) is 10.5. The van der Waals surface area contributed by atoms with Gasteiger partial charge in [0.15, 0.2) is 11.5 Å². The number of carbonyl (C=O) groups excluding carboxylic acids is 2. The van der Waals surface area contributed by atoms with Crippen molar-refractivity contribution in [2.75, 3.05) is 30.4 Å². The lowest BCUT2D eigenvalue weighted by Gasteiger charge is -2.31. The van der Waals surface area contributed by atoms with E-state index in [1.807, 2.05) is 24.3 Å². The molecular formula is C22H26BrN3O6S. The number of sulfonamides is 1. The number of rotatable bonds is 9. The highest BCUT2D eigenvalue weighted by Gasteiger charge is 2.31. The Hall–Kier alpha value is -2.79. The van der Waals surface area contributed by atoms with Crippen LogP contribution >= 0.6 is 15.9 Å². The van der Waals surface area contributed by atoms with Crippen molar-refractivity contribution in [2.45, 2.75) is 26.4 Å². The maximum absolute atomic E-state index is 13.4. The predicted octanol–water partition coefficient (Wildman–Crippen LogP) is 2.50. The zero-order valence-corrected chi connectivity index (χ0v) is 21.0. The van der Waals surface area contributed by atoms with Crippen LogP contribution in [-0.4, -0.2) is 57.3 Å². The molecule has 1 atom stereocenters. The van der Waals surface area contributed by atoms with Gasteiger partial charge in [0.1, 0.15) is 12.6 Å². The number of nitrogens with one attached hydrogen (secondary N) is 1. The molecule has 0 aromatic heterocycles. The Balaban J connectivity index is 1.93. The summed E-state index contributed by atoms with van der Waals surface area (Å²) in [4.78, 5) is 27.2. The van der Waals surface area contributed by atoms with Crippen molar-refractivity contribution in [1.29, 1.82) is 0 Å².